The highest BCUT2D eigenvalue weighted by molar-refractivity contribution is 7.90. The second-order valence-corrected chi connectivity index (χ2v) is 10.8. The SMILES string of the molecule is CCOC(=O)C(CNS(=O)(=O)c1ccc(S(=O)(=O)NC2CC2)cc1)Cc1ccccc1. The Balaban J connectivity index is 1.69. The highest BCUT2D eigenvalue weighted by atomic mass is 32.2. The predicted molar refractivity (Wildman–Crippen MR) is 115 cm³/mol. The molecule has 0 bridgehead atoms. The Morgan fingerprint density at radius 3 is 2.10 bits per heavy atom. The highest BCUT2D eigenvalue weighted by Gasteiger charge is 2.28. The van der Waals surface area contributed by atoms with Gasteiger partial charge in [0.25, 0.3) is 0 Å². The summed E-state index contributed by atoms with van der Waals surface area (Å²) in [7, 11) is -7.61. The summed E-state index contributed by atoms with van der Waals surface area (Å²) in [4.78, 5) is 12.2. The molecule has 1 aliphatic rings. The van der Waals surface area contributed by atoms with E-state index in [0.717, 1.165) is 18.4 Å². The molecular formula is C21H26N2O6S2. The Labute approximate surface area is 183 Å². The van der Waals surface area contributed by atoms with Crippen LogP contribution in [0.5, 0.6) is 0 Å². The zero-order valence-electron chi connectivity index (χ0n) is 17.2. The van der Waals surface area contributed by atoms with Crippen LogP contribution >= 0.6 is 0 Å². The molecule has 0 aromatic heterocycles. The fraction of sp³-hybridized carbons (Fsp3) is 0.381. The molecule has 3 rings (SSSR count). The van der Waals surface area contributed by atoms with Crippen LogP contribution in [0.4, 0.5) is 0 Å². The first kappa shape index (κ1) is 23.4. The van der Waals surface area contributed by atoms with Crippen molar-refractivity contribution < 1.29 is 26.4 Å². The van der Waals surface area contributed by atoms with Crippen LogP contribution in [0.1, 0.15) is 25.3 Å². The van der Waals surface area contributed by atoms with E-state index < -0.39 is 31.9 Å². The third-order valence-electron chi connectivity index (χ3n) is 4.81. The molecular weight excluding hydrogens is 440 g/mol. The number of hydrogen-bond donors (Lipinski definition) is 2. The number of rotatable bonds is 11. The normalized spacial score (nSPS) is 15.4. The van der Waals surface area contributed by atoms with Crippen molar-refractivity contribution in [2.75, 3.05) is 13.2 Å². The first-order valence-electron chi connectivity index (χ1n) is 10.0. The van der Waals surface area contributed by atoms with Gasteiger partial charge < -0.3 is 4.74 Å². The fourth-order valence-corrected chi connectivity index (χ4v) is 5.36. The van der Waals surface area contributed by atoms with Crippen LogP contribution in [0.3, 0.4) is 0 Å². The Bertz CT molecular complexity index is 1100. The molecule has 0 saturated heterocycles. The molecule has 1 fully saturated rings. The van der Waals surface area contributed by atoms with Crippen molar-refractivity contribution in [1.82, 2.24) is 9.44 Å². The van der Waals surface area contributed by atoms with Gasteiger partial charge in [0, 0.05) is 12.6 Å². The summed E-state index contributed by atoms with van der Waals surface area (Å²) in [5.74, 6) is -1.18. The third kappa shape index (κ3) is 6.60. The minimum absolute atomic E-state index is 0.00632. The maximum Gasteiger partial charge on any atom is 0.310 e. The number of carbonyl (C=O) groups is 1. The van der Waals surface area contributed by atoms with E-state index in [1.807, 2.05) is 30.3 Å². The van der Waals surface area contributed by atoms with Crippen molar-refractivity contribution in [3.8, 4) is 0 Å². The second-order valence-electron chi connectivity index (χ2n) is 7.36. The first-order valence-corrected chi connectivity index (χ1v) is 13.0. The number of benzene rings is 2. The molecule has 2 aromatic carbocycles. The standard InChI is InChI=1S/C21H26N2O6S2/c1-2-29-21(24)17(14-16-6-4-3-5-7-16)15-22-30(25,26)19-10-12-20(13-11-19)31(27,28)23-18-8-9-18/h3-7,10-13,17-18,22-23H,2,8-9,14-15H2,1H3. The van der Waals surface area contributed by atoms with Crippen molar-refractivity contribution >= 4 is 26.0 Å². The van der Waals surface area contributed by atoms with Gasteiger partial charge in [0.2, 0.25) is 20.0 Å². The minimum Gasteiger partial charge on any atom is -0.466 e. The molecule has 1 aliphatic carbocycles. The number of nitrogens with one attached hydrogen (secondary N) is 2. The van der Waals surface area contributed by atoms with E-state index in [0.29, 0.717) is 6.42 Å². The lowest BCUT2D eigenvalue weighted by molar-refractivity contribution is -0.147. The quantitative estimate of drug-likeness (QED) is 0.488. The predicted octanol–water partition coefficient (Wildman–Crippen LogP) is 1.83. The van der Waals surface area contributed by atoms with Gasteiger partial charge in [0.15, 0.2) is 0 Å². The molecule has 0 spiro atoms. The maximum absolute atomic E-state index is 12.7. The lowest BCUT2D eigenvalue weighted by Gasteiger charge is -2.17. The molecule has 0 amide bonds. The zero-order chi connectivity index (χ0) is 22.5. The summed E-state index contributed by atoms with van der Waals surface area (Å²) < 4.78 is 59.9. The molecule has 10 heteroatoms. The number of carbonyl (C=O) groups excluding carboxylic acids is 1. The highest BCUT2D eigenvalue weighted by Crippen LogP contribution is 2.23. The van der Waals surface area contributed by atoms with Crippen molar-refractivity contribution in [1.29, 1.82) is 0 Å². The monoisotopic (exact) mass is 466 g/mol. The molecule has 31 heavy (non-hydrogen) atoms. The van der Waals surface area contributed by atoms with Crippen LogP contribution in [0.25, 0.3) is 0 Å². The summed E-state index contributed by atoms with van der Waals surface area (Å²) in [5, 5.41) is 0. The van der Waals surface area contributed by atoms with Gasteiger partial charge in [0.05, 0.1) is 22.3 Å². The summed E-state index contributed by atoms with van der Waals surface area (Å²) >= 11 is 0. The number of esters is 1. The number of sulfonamides is 2. The largest absolute Gasteiger partial charge is 0.466 e. The van der Waals surface area contributed by atoms with Crippen LogP contribution < -0.4 is 9.44 Å². The molecule has 168 valence electrons. The van der Waals surface area contributed by atoms with Crippen molar-refractivity contribution in [2.45, 2.75) is 42.0 Å². The van der Waals surface area contributed by atoms with Gasteiger partial charge in [-0.1, -0.05) is 30.3 Å². The van der Waals surface area contributed by atoms with Crippen molar-refractivity contribution in [2.24, 2.45) is 5.92 Å². The van der Waals surface area contributed by atoms with Crippen LogP contribution in [-0.4, -0.2) is 42.0 Å². The lowest BCUT2D eigenvalue weighted by atomic mass is 10.00. The average Bonchev–Trinajstić information content (AvgIpc) is 3.55. The first-order chi connectivity index (χ1) is 14.7. The fourth-order valence-electron chi connectivity index (χ4n) is 2.98. The summed E-state index contributed by atoms with van der Waals surface area (Å²) in [6.07, 6.45) is 1.94. The molecule has 0 aliphatic heterocycles. The summed E-state index contributed by atoms with van der Waals surface area (Å²) in [5.41, 5.74) is 0.887. The minimum atomic E-state index is -3.94. The smallest absolute Gasteiger partial charge is 0.310 e. The van der Waals surface area contributed by atoms with E-state index in [1.54, 1.807) is 6.92 Å². The number of ether oxygens (including phenoxy) is 1. The van der Waals surface area contributed by atoms with E-state index in [9.17, 15) is 21.6 Å². The Hall–Kier alpha value is -2.27. The average molecular weight is 467 g/mol. The van der Waals surface area contributed by atoms with Gasteiger partial charge in [0.1, 0.15) is 0 Å². The van der Waals surface area contributed by atoms with E-state index in [2.05, 4.69) is 9.44 Å². The molecule has 1 saturated carbocycles. The van der Waals surface area contributed by atoms with E-state index >= 15 is 0 Å². The molecule has 1 atom stereocenters. The Morgan fingerprint density at radius 2 is 1.55 bits per heavy atom. The van der Waals surface area contributed by atoms with Gasteiger partial charge in [-0.3, -0.25) is 4.79 Å². The van der Waals surface area contributed by atoms with Gasteiger partial charge in [-0.15, -0.1) is 0 Å². The van der Waals surface area contributed by atoms with Gasteiger partial charge in [-0.05, 0) is 56.0 Å². The molecule has 0 heterocycles. The second kappa shape index (κ2) is 9.90. The topological polar surface area (TPSA) is 119 Å². The van der Waals surface area contributed by atoms with E-state index in [1.165, 1.54) is 24.3 Å². The van der Waals surface area contributed by atoms with Crippen LogP contribution in [0.2, 0.25) is 0 Å². The van der Waals surface area contributed by atoms with E-state index in [4.69, 9.17) is 4.74 Å². The third-order valence-corrected chi connectivity index (χ3v) is 7.78. The summed E-state index contributed by atoms with van der Waals surface area (Å²) in [6.45, 7) is 1.75. The molecule has 0 radical (unpaired) electrons. The van der Waals surface area contributed by atoms with Crippen LogP contribution in [-0.2, 0) is 36.0 Å². The zero-order valence-corrected chi connectivity index (χ0v) is 18.8. The Kier molecular flexibility index (Phi) is 7.47. The molecule has 1 unspecified atom stereocenters. The lowest BCUT2D eigenvalue weighted by Crippen LogP contribution is -2.35. The van der Waals surface area contributed by atoms with Gasteiger partial charge in [-0.25, -0.2) is 26.3 Å². The van der Waals surface area contributed by atoms with Crippen molar-refractivity contribution in [3.05, 3.63) is 60.2 Å². The molecule has 2 N–H and O–H groups in total. The maximum atomic E-state index is 12.7. The molecule has 2 aromatic rings. The van der Waals surface area contributed by atoms with Gasteiger partial charge >= 0.3 is 5.97 Å². The summed E-state index contributed by atoms with van der Waals surface area (Å²) in [6, 6.07) is 14.2. The Morgan fingerprint density at radius 1 is 0.968 bits per heavy atom. The van der Waals surface area contributed by atoms with E-state index in [-0.39, 0.29) is 29.0 Å². The molecule has 8 nitrogen and oxygen atoms in total. The van der Waals surface area contributed by atoms with Crippen molar-refractivity contribution in [3.63, 3.8) is 0 Å². The van der Waals surface area contributed by atoms with Crippen LogP contribution in [0, 0.1) is 5.92 Å². The number of hydrogen-bond acceptors (Lipinski definition) is 6. The van der Waals surface area contributed by atoms with Crippen LogP contribution in [0.15, 0.2) is 64.4 Å². The van der Waals surface area contributed by atoms with Gasteiger partial charge in [-0.2, -0.15) is 0 Å².